The van der Waals surface area contributed by atoms with Crippen LogP contribution in [0.5, 0.6) is 11.5 Å². The van der Waals surface area contributed by atoms with E-state index in [0.29, 0.717) is 11.8 Å². The molecule has 0 fully saturated rings. The molecule has 2 aromatic heterocycles. The Morgan fingerprint density at radius 2 is 0.952 bits per heavy atom. The zero-order valence-corrected chi connectivity index (χ0v) is 22.9. The van der Waals surface area contributed by atoms with Gasteiger partial charge in [0.05, 0.1) is 14.2 Å². The van der Waals surface area contributed by atoms with E-state index in [9.17, 15) is 0 Å². The second-order valence-corrected chi connectivity index (χ2v) is 10.1. The van der Waals surface area contributed by atoms with Gasteiger partial charge in [0.25, 0.3) is 0 Å². The fourth-order valence-corrected chi connectivity index (χ4v) is 5.73. The van der Waals surface area contributed by atoms with Crippen molar-refractivity contribution in [2.45, 2.75) is 0 Å². The Morgan fingerprint density at radius 3 is 1.38 bits per heavy atom. The monoisotopic (exact) mass is 548 g/mol. The number of fused-ring (bicyclic) bond motifs is 4. The highest BCUT2D eigenvalue weighted by atomic mass is 16.5. The molecule has 0 bridgehead atoms. The molecule has 6 nitrogen and oxygen atoms in total. The van der Waals surface area contributed by atoms with E-state index < -0.39 is 0 Å². The average Bonchev–Trinajstić information content (AvgIpc) is 3.68. The van der Waals surface area contributed by atoms with Gasteiger partial charge in [0.15, 0.2) is 11.2 Å². The molecule has 2 heterocycles. The molecule has 0 radical (unpaired) electrons. The Morgan fingerprint density at radius 1 is 0.500 bits per heavy atom. The smallest absolute Gasteiger partial charge is 0.227 e. The molecule has 6 heteroatoms. The van der Waals surface area contributed by atoms with Gasteiger partial charge in [0.1, 0.15) is 22.5 Å². The summed E-state index contributed by atoms with van der Waals surface area (Å²) in [6.07, 6.45) is 0. The summed E-state index contributed by atoms with van der Waals surface area (Å²) in [5, 5.41) is 4.13. The molecule has 8 rings (SSSR count). The molecule has 0 unspecified atom stereocenters. The van der Waals surface area contributed by atoms with Crippen molar-refractivity contribution < 1.29 is 18.3 Å². The van der Waals surface area contributed by atoms with Crippen LogP contribution in [0.4, 0.5) is 0 Å². The lowest BCUT2D eigenvalue weighted by Gasteiger charge is -2.18. The lowest BCUT2D eigenvalue weighted by molar-refractivity contribution is 0.411. The molecular weight excluding hydrogens is 524 g/mol. The summed E-state index contributed by atoms with van der Waals surface area (Å²) < 4.78 is 24.0. The zero-order chi connectivity index (χ0) is 28.2. The summed E-state index contributed by atoms with van der Waals surface area (Å²) in [6, 6.07) is 36.2. The van der Waals surface area contributed by atoms with E-state index in [2.05, 4.69) is 36.4 Å². The predicted octanol–water partition coefficient (Wildman–Crippen LogP) is 9.29. The van der Waals surface area contributed by atoms with Crippen LogP contribution in [0.2, 0.25) is 0 Å². The lowest BCUT2D eigenvalue weighted by Crippen LogP contribution is -1.95. The Kier molecular flexibility index (Phi) is 5.47. The topological polar surface area (TPSA) is 70.5 Å². The fourth-order valence-electron chi connectivity index (χ4n) is 5.73. The second-order valence-electron chi connectivity index (χ2n) is 10.1. The normalized spacial score (nSPS) is 11.6. The number of ether oxygens (including phenoxy) is 2. The van der Waals surface area contributed by atoms with E-state index in [1.54, 1.807) is 14.2 Å². The van der Waals surface area contributed by atoms with E-state index >= 15 is 0 Å². The summed E-state index contributed by atoms with van der Waals surface area (Å²) in [5.41, 5.74) is 6.92. The number of aromatic nitrogens is 2. The Bertz CT molecular complexity index is 2070. The lowest BCUT2D eigenvalue weighted by atomic mass is 9.91. The first-order valence-corrected chi connectivity index (χ1v) is 13.6. The number of para-hydroxylation sites is 4. The summed E-state index contributed by atoms with van der Waals surface area (Å²) in [5.74, 6) is 2.69. The van der Waals surface area contributed by atoms with E-state index in [1.165, 1.54) is 0 Å². The van der Waals surface area contributed by atoms with Crippen LogP contribution in [0.1, 0.15) is 0 Å². The van der Waals surface area contributed by atoms with Crippen LogP contribution in [0, 0.1) is 0 Å². The molecule has 0 aliphatic carbocycles. The van der Waals surface area contributed by atoms with Crippen LogP contribution < -0.4 is 9.47 Å². The Labute approximate surface area is 240 Å². The molecule has 6 aromatic carbocycles. The molecule has 0 spiro atoms. The van der Waals surface area contributed by atoms with E-state index in [4.69, 9.17) is 28.3 Å². The van der Waals surface area contributed by atoms with Gasteiger partial charge in [-0.05, 0) is 82.2 Å². The van der Waals surface area contributed by atoms with Crippen molar-refractivity contribution in [1.29, 1.82) is 0 Å². The van der Waals surface area contributed by atoms with Gasteiger partial charge in [-0.15, -0.1) is 0 Å². The van der Waals surface area contributed by atoms with Crippen LogP contribution >= 0.6 is 0 Å². The molecule has 202 valence electrons. The van der Waals surface area contributed by atoms with Crippen molar-refractivity contribution in [2.24, 2.45) is 0 Å². The number of methoxy groups -OCH3 is 2. The number of hydrogen-bond donors (Lipinski definition) is 0. The Balaban J connectivity index is 1.32. The summed E-state index contributed by atoms with van der Waals surface area (Å²) in [6.45, 7) is 0. The quantitative estimate of drug-likeness (QED) is 0.213. The predicted molar refractivity (Wildman–Crippen MR) is 166 cm³/mol. The highest BCUT2D eigenvalue weighted by Crippen LogP contribution is 2.46. The second kappa shape index (κ2) is 9.49. The first kappa shape index (κ1) is 24.2. The van der Waals surface area contributed by atoms with Crippen LogP contribution in [0.25, 0.3) is 77.8 Å². The van der Waals surface area contributed by atoms with Crippen molar-refractivity contribution in [3.05, 3.63) is 109 Å². The van der Waals surface area contributed by atoms with Gasteiger partial charge in [-0.25, -0.2) is 9.97 Å². The van der Waals surface area contributed by atoms with Crippen molar-refractivity contribution in [3.63, 3.8) is 0 Å². The van der Waals surface area contributed by atoms with E-state index in [1.807, 2.05) is 72.8 Å². The van der Waals surface area contributed by atoms with Crippen LogP contribution in [-0.2, 0) is 0 Å². The summed E-state index contributed by atoms with van der Waals surface area (Å²) in [4.78, 5) is 9.39. The van der Waals surface area contributed by atoms with Crippen LogP contribution in [-0.4, -0.2) is 24.2 Å². The average molecular weight is 549 g/mol. The number of rotatable bonds is 5. The standard InChI is InChI=1S/C36H24N2O4/c1-39-31-17-13-21-19-23(35-37-27-7-3-5-9-29(27)41-35)11-15-25(21)33(31)34-26-16-12-24(20-22(26)14-18-32(34)40-2)36-38-28-8-4-6-10-30(28)42-36/h3-20H,1-2H3. The maximum atomic E-state index is 6.06. The molecule has 0 saturated heterocycles. The third kappa shape index (κ3) is 3.80. The molecule has 0 N–H and O–H groups in total. The minimum absolute atomic E-state index is 0.588. The van der Waals surface area contributed by atoms with Crippen LogP contribution in [0.3, 0.4) is 0 Å². The fraction of sp³-hybridized carbons (Fsp3) is 0.0556. The van der Waals surface area contributed by atoms with Crippen molar-refractivity contribution >= 4 is 43.7 Å². The van der Waals surface area contributed by atoms with Gasteiger partial charge in [-0.1, -0.05) is 48.5 Å². The van der Waals surface area contributed by atoms with Crippen molar-refractivity contribution in [2.75, 3.05) is 14.2 Å². The maximum absolute atomic E-state index is 6.06. The van der Waals surface area contributed by atoms with Crippen molar-refractivity contribution in [3.8, 4) is 45.5 Å². The SMILES string of the molecule is COc1ccc2cc(-c3nc4ccccc4o3)ccc2c1-c1c(OC)ccc2cc(-c3nc4ccccc4o3)ccc12. The van der Waals surface area contributed by atoms with Gasteiger partial charge in [0.2, 0.25) is 11.8 Å². The molecule has 0 atom stereocenters. The summed E-state index contributed by atoms with van der Waals surface area (Å²) in [7, 11) is 3.39. The highest BCUT2D eigenvalue weighted by Gasteiger charge is 2.20. The molecular formula is C36H24N2O4. The first-order chi connectivity index (χ1) is 20.7. The molecule has 8 aromatic rings. The van der Waals surface area contributed by atoms with Gasteiger partial charge in [0, 0.05) is 22.3 Å². The number of hydrogen-bond acceptors (Lipinski definition) is 6. The number of benzene rings is 6. The maximum Gasteiger partial charge on any atom is 0.227 e. The number of nitrogens with zero attached hydrogens (tertiary/aromatic N) is 2. The van der Waals surface area contributed by atoms with Crippen LogP contribution in [0.15, 0.2) is 118 Å². The van der Waals surface area contributed by atoms with Gasteiger partial charge in [-0.2, -0.15) is 0 Å². The Hall–Kier alpha value is -5.62. The van der Waals surface area contributed by atoms with Gasteiger partial charge in [-0.3, -0.25) is 0 Å². The van der Waals surface area contributed by atoms with E-state index in [0.717, 1.165) is 77.5 Å². The molecule has 0 aliphatic heterocycles. The molecule has 42 heavy (non-hydrogen) atoms. The van der Waals surface area contributed by atoms with Gasteiger partial charge < -0.3 is 18.3 Å². The first-order valence-electron chi connectivity index (χ1n) is 13.6. The minimum atomic E-state index is 0.588. The third-order valence-electron chi connectivity index (χ3n) is 7.73. The summed E-state index contributed by atoms with van der Waals surface area (Å²) >= 11 is 0. The van der Waals surface area contributed by atoms with Gasteiger partial charge >= 0.3 is 0 Å². The largest absolute Gasteiger partial charge is 0.496 e. The van der Waals surface area contributed by atoms with E-state index in [-0.39, 0.29) is 0 Å². The third-order valence-corrected chi connectivity index (χ3v) is 7.73. The molecule has 0 aliphatic rings. The van der Waals surface area contributed by atoms with Crippen molar-refractivity contribution in [1.82, 2.24) is 9.97 Å². The number of oxazole rings is 2. The minimum Gasteiger partial charge on any atom is -0.496 e. The molecule has 0 saturated carbocycles. The molecule has 0 amide bonds. The highest BCUT2D eigenvalue weighted by molar-refractivity contribution is 6.10. The zero-order valence-electron chi connectivity index (χ0n) is 22.9.